The summed E-state index contributed by atoms with van der Waals surface area (Å²) in [6.07, 6.45) is 1.06. The van der Waals surface area contributed by atoms with Crippen LogP contribution in [0.1, 0.15) is 12.8 Å². The summed E-state index contributed by atoms with van der Waals surface area (Å²) in [5.74, 6) is 2.90. The van der Waals surface area contributed by atoms with Gasteiger partial charge in [0.1, 0.15) is 0 Å². The number of carbonyl (C=O) groups is 2. The Morgan fingerprint density at radius 2 is 1.93 bits per heavy atom. The third kappa shape index (κ3) is 3.48. The van der Waals surface area contributed by atoms with Crippen molar-refractivity contribution in [3.63, 3.8) is 0 Å². The Morgan fingerprint density at radius 1 is 1.27 bits per heavy atom. The molecule has 0 aromatic carbocycles. The van der Waals surface area contributed by atoms with E-state index in [1.54, 1.807) is 5.43 Å². The molecule has 1 atom stereocenters. The zero-order valence-electron chi connectivity index (χ0n) is 8.02. The Bertz CT molecular complexity index is 364. The van der Waals surface area contributed by atoms with Crippen LogP contribution in [0.4, 0.5) is 0 Å². The molecule has 0 aromatic rings. The minimum atomic E-state index is -3.09. The Hall–Kier alpha value is -1.15. The number of hydrogen-bond donors (Lipinski definition) is 3. The van der Waals surface area contributed by atoms with Crippen LogP contribution in [0.15, 0.2) is 0 Å². The lowest BCUT2D eigenvalue weighted by Gasteiger charge is -2.22. The Kier molecular flexibility index (Phi) is 3.64. The summed E-state index contributed by atoms with van der Waals surface area (Å²) >= 11 is 0. The van der Waals surface area contributed by atoms with Crippen molar-refractivity contribution in [3.8, 4) is 0 Å². The number of hydrogen-bond acceptors (Lipinski definition) is 5. The first-order chi connectivity index (χ1) is 6.94. The first kappa shape index (κ1) is 11.9. The maximum absolute atomic E-state index is 11.2. The first-order valence-electron chi connectivity index (χ1n) is 4.46. The molecule has 1 unspecified atom stereocenters. The van der Waals surface area contributed by atoms with E-state index in [0.29, 0.717) is 12.8 Å². The van der Waals surface area contributed by atoms with E-state index >= 15 is 0 Å². The summed E-state index contributed by atoms with van der Waals surface area (Å²) < 4.78 is 22.4. The first-order valence-corrected chi connectivity index (χ1v) is 6.28. The number of amides is 2. The molecule has 15 heavy (non-hydrogen) atoms. The van der Waals surface area contributed by atoms with Crippen molar-refractivity contribution >= 4 is 21.7 Å². The highest BCUT2D eigenvalue weighted by Gasteiger charge is 2.27. The lowest BCUT2D eigenvalue weighted by molar-refractivity contribution is -0.139. The second-order valence-corrected chi connectivity index (χ2v) is 5.63. The van der Waals surface area contributed by atoms with Crippen molar-refractivity contribution in [1.29, 1.82) is 0 Å². The third-order valence-electron chi connectivity index (χ3n) is 2.14. The lowest BCUT2D eigenvalue weighted by atomic mass is 10.2. The second-order valence-electron chi connectivity index (χ2n) is 3.40. The van der Waals surface area contributed by atoms with Gasteiger partial charge in [0.2, 0.25) is 0 Å². The monoisotopic (exact) mass is 235 g/mol. The predicted octanol–water partition coefficient (Wildman–Crippen LogP) is -2.33. The van der Waals surface area contributed by atoms with Crippen LogP contribution < -0.4 is 16.6 Å². The van der Waals surface area contributed by atoms with Crippen LogP contribution >= 0.6 is 0 Å². The van der Waals surface area contributed by atoms with Crippen LogP contribution in [-0.2, 0) is 19.4 Å². The number of carbonyl (C=O) groups excluding carboxylic acids is 2. The van der Waals surface area contributed by atoms with Crippen LogP contribution in [0.3, 0.4) is 0 Å². The van der Waals surface area contributed by atoms with Gasteiger partial charge in [-0.3, -0.25) is 15.0 Å². The molecule has 1 fully saturated rings. The van der Waals surface area contributed by atoms with Gasteiger partial charge in [-0.2, -0.15) is 0 Å². The Balaban J connectivity index is 2.52. The van der Waals surface area contributed by atoms with E-state index in [2.05, 4.69) is 5.32 Å². The number of nitrogens with two attached hydrogens (primary N) is 1. The smallest absolute Gasteiger partial charge is 0.323 e. The number of nitrogens with one attached hydrogen (secondary N) is 2. The van der Waals surface area contributed by atoms with Crippen LogP contribution in [0.5, 0.6) is 0 Å². The van der Waals surface area contributed by atoms with Crippen molar-refractivity contribution in [3.05, 3.63) is 0 Å². The van der Waals surface area contributed by atoms with Gasteiger partial charge in [0.15, 0.2) is 9.84 Å². The van der Waals surface area contributed by atoms with E-state index in [9.17, 15) is 18.0 Å². The molecule has 1 aliphatic heterocycles. The van der Waals surface area contributed by atoms with Crippen LogP contribution in [-0.4, -0.2) is 37.8 Å². The SMILES string of the molecule is NNC(=O)C(=O)NC1CCCS(=O)(=O)C1. The van der Waals surface area contributed by atoms with Crippen molar-refractivity contribution < 1.29 is 18.0 Å². The van der Waals surface area contributed by atoms with Gasteiger partial charge in [-0.25, -0.2) is 14.3 Å². The van der Waals surface area contributed by atoms with Gasteiger partial charge in [0, 0.05) is 6.04 Å². The summed E-state index contributed by atoms with van der Waals surface area (Å²) in [6.45, 7) is 0. The Labute approximate surface area is 87.3 Å². The fourth-order valence-corrected chi connectivity index (χ4v) is 3.09. The molecule has 7 nitrogen and oxygen atoms in total. The van der Waals surface area contributed by atoms with E-state index < -0.39 is 27.7 Å². The molecular formula is C7H13N3O4S. The average Bonchev–Trinajstić information content (AvgIpc) is 2.14. The fraction of sp³-hybridized carbons (Fsp3) is 0.714. The summed E-state index contributed by atoms with van der Waals surface area (Å²) in [5, 5.41) is 2.32. The summed E-state index contributed by atoms with van der Waals surface area (Å²) in [5.41, 5.74) is 1.67. The van der Waals surface area contributed by atoms with Gasteiger partial charge >= 0.3 is 11.8 Å². The molecule has 1 aliphatic rings. The summed E-state index contributed by atoms with van der Waals surface area (Å²) in [7, 11) is -3.09. The lowest BCUT2D eigenvalue weighted by Crippen LogP contribution is -2.50. The quantitative estimate of drug-likeness (QED) is 0.204. The zero-order valence-corrected chi connectivity index (χ0v) is 8.84. The molecule has 8 heteroatoms. The molecule has 1 saturated heterocycles. The number of hydrazine groups is 1. The Morgan fingerprint density at radius 3 is 2.47 bits per heavy atom. The van der Waals surface area contributed by atoms with Gasteiger partial charge in [-0.15, -0.1) is 0 Å². The molecule has 2 amide bonds. The van der Waals surface area contributed by atoms with E-state index in [-0.39, 0.29) is 11.5 Å². The average molecular weight is 235 g/mol. The van der Waals surface area contributed by atoms with Crippen molar-refractivity contribution in [2.24, 2.45) is 5.84 Å². The molecule has 1 heterocycles. The molecule has 0 radical (unpaired) electrons. The normalized spacial score (nSPS) is 24.2. The standard InChI is InChI=1S/C7H13N3O4S/c8-10-7(12)6(11)9-5-2-1-3-15(13,14)4-5/h5H,1-4,8H2,(H,9,11)(H,10,12). The number of sulfone groups is 1. The van der Waals surface area contributed by atoms with Gasteiger partial charge in [-0.1, -0.05) is 0 Å². The molecule has 0 spiro atoms. The van der Waals surface area contributed by atoms with E-state index in [4.69, 9.17) is 5.84 Å². The van der Waals surface area contributed by atoms with Crippen LogP contribution in [0, 0.1) is 0 Å². The molecular weight excluding hydrogens is 222 g/mol. The number of rotatable bonds is 1. The summed E-state index contributed by atoms with van der Waals surface area (Å²) in [6, 6.07) is -0.492. The zero-order chi connectivity index (χ0) is 11.5. The third-order valence-corrected chi connectivity index (χ3v) is 3.96. The maximum Gasteiger partial charge on any atom is 0.323 e. The minimum absolute atomic E-state index is 0.114. The van der Waals surface area contributed by atoms with Gasteiger partial charge in [-0.05, 0) is 12.8 Å². The molecule has 4 N–H and O–H groups in total. The largest absolute Gasteiger partial charge is 0.344 e. The van der Waals surface area contributed by atoms with Gasteiger partial charge in [0.25, 0.3) is 0 Å². The predicted molar refractivity (Wildman–Crippen MR) is 52.1 cm³/mol. The second kappa shape index (κ2) is 4.58. The molecule has 1 rings (SSSR count). The van der Waals surface area contributed by atoms with E-state index in [0.717, 1.165) is 0 Å². The highest BCUT2D eigenvalue weighted by atomic mass is 32.2. The van der Waals surface area contributed by atoms with Gasteiger partial charge in [0.05, 0.1) is 11.5 Å². The van der Waals surface area contributed by atoms with Crippen LogP contribution in [0.2, 0.25) is 0 Å². The molecule has 86 valence electrons. The van der Waals surface area contributed by atoms with E-state index in [1.165, 1.54) is 0 Å². The van der Waals surface area contributed by atoms with Gasteiger partial charge < -0.3 is 5.32 Å². The highest BCUT2D eigenvalue weighted by molar-refractivity contribution is 7.91. The maximum atomic E-state index is 11.2. The van der Waals surface area contributed by atoms with Crippen molar-refractivity contribution in [2.45, 2.75) is 18.9 Å². The fourth-order valence-electron chi connectivity index (χ4n) is 1.45. The van der Waals surface area contributed by atoms with Crippen LogP contribution in [0.25, 0.3) is 0 Å². The minimum Gasteiger partial charge on any atom is -0.344 e. The molecule has 0 aliphatic carbocycles. The topological polar surface area (TPSA) is 118 Å². The molecule has 0 saturated carbocycles. The van der Waals surface area contributed by atoms with Crippen molar-refractivity contribution in [1.82, 2.24) is 10.7 Å². The molecule has 0 aromatic heterocycles. The summed E-state index contributed by atoms with van der Waals surface area (Å²) in [4.78, 5) is 21.8. The highest BCUT2D eigenvalue weighted by Crippen LogP contribution is 2.11. The molecule has 0 bridgehead atoms. The van der Waals surface area contributed by atoms with Crippen molar-refractivity contribution in [2.75, 3.05) is 11.5 Å². The van der Waals surface area contributed by atoms with E-state index in [1.807, 2.05) is 0 Å².